The van der Waals surface area contributed by atoms with E-state index in [1.165, 1.54) is 7.11 Å². The molecule has 0 bridgehead atoms. The number of aromatic nitrogens is 4. The number of hydrogen-bond acceptors (Lipinski definition) is 7. The summed E-state index contributed by atoms with van der Waals surface area (Å²) in [7, 11) is 5.34. The number of ether oxygens (including phenoxy) is 1. The molecule has 3 aromatic rings. The Labute approximate surface area is 210 Å². The first-order valence-electron chi connectivity index (χ1n) is 10.9. The normalized spacial score (nSPS) is 14.8. The van der Waals surface area contributed by atoms with Gasteiger partial charge >= 0.3 is 12.0 Å². The maximum atomic E-state index is 14.3. The molecule has 188 valence electrons. The van der Waals surface area contributed by atoms with Crippen molar-refractivity contribution in [2.45, 2.75) is 32.0 Å². The SMILES string of the molecule is COc1ncc(F)c(Nc2n[nH]c3c2CN(C(=O)N[C@H](CN(C)C)c2ccccc2)C3(C)C)n1.S. The van der Waals surface area contributed by atoms with Crippen LogP contribution < -0.4 is 15.4 Å². The first-order valence-corrected chi connectivity index (χ1v) is 10.9. The number of rotatable bonds is 7. The fourth-order valence-electron chi connectivity index (χ4n) is 4.11. The summed E-state index contributed by atoms with van der Waals surface area (Å²) in [5, 5.41) is 13.4. The van der Waals surface area contributed by atoms with E-state index >= 15 is 0 Å². The molecule has 12 heteroatoms. The zero-order valence-corrected chi connectivity index (χ0v) is 21.4. The second-order valence-corrected chi connectivity index (χ2v) is 8.92. The van der Waals surface area contributed by atoms with Gasteiger partial charge in [-0.25, -0.2) is 14.2 Å². The molecule has 2 amide bonds. The van der Waals surface area contributed by atoms with E-state index in [9.17, 15) is 9.18 Å². The summed E-state index contributed by atoms with van der Waals surface area (Å²) in [6, 6.07) is 9.52. The number of nitrogens with one attached hydrogen (secondary N) is 3. The average Bonchev–Trinajstić information content (AvgIpc) is 3.33. The molecule has 3 heterocycles. The maximum Gasteiger partial charge on any atom is 0.319 e. The summed E-state index contributed by atoms with van der Waals surface area (Å²) < 4.78 is 19.2. The van der Waals surface area contributed by atoms with Crippen LogP contribution in [0, 0.1) is 5.82 Å². The highest BCUT2D eigenvalue weighted by atomic mass is 32.1. The highest BCUT2D eigenvalue weighted by Crippen LogP contribution is 2.41. The Morgan fingerprint density at radius 2 is 2.00 bits per heavy atom. The topological polar surface area (TPSA) is 111 Å². The summed E-state index contributed by atoms with van der Waals surface area (Å²) >= 11 is 0. The van der Waals surface area contributed by atoms with Crippen molar-refractivity contribution < 1.29 is 13.9 Å². The largest absolute Gasteiger partial charge is 0.467 e. The van der Waals surface area contributed by atoms with Gasteiger partial charge in [0.1, 0.15) is 0 Å². The van der Waals surface area contributed by atoms with Crippen molar-refractivity contribution in [1.82, 2.24) is 35.3 Å². The molecule has 4 rings (SSSR count). The molecular formula is C23H31FN8O2S. The van der Waals surface area contributed by atoms with Crippen LogP contribution >= 0.6 is 13.5 Å². The predicted octanol–water partition coefficient (Wildman–Crippen LogP) is 3.27. The molecule has 1 atom stereocenters. The fraction of sp³-hybridized carbons (Fsp3) is 0.391. The fourth-order valence-corrected chi connectivity index (χ4v) is 4.11. The van der Waals surface area contributed by atoms with Crippen LogP contribution in [0.4, 0.5) is 20.8 Å². The minimum Gasteiger partial charge on any atom is -0.467 e. The van der Waals surface area contributed by atoms with Gasteiger partial charge in [-0.05, 0) is 33.5 Å². The van der Waals surface area contributed by atoms with Gasteiger partial charge in [-0.1, -0.05) is 30.3 Å². The van der Waals surface area contributed by atoms with Crippen molar-refractivity contribution in [3.63, 3.8) is 0 Å². The highest BCUT2D eigenvalue weighted by molar-refractivity contribution is 7.59. The van der Waals surface area contributed by atoms with E-state index in [-0.39, 0.29) is 37.4 Å². The maximum absolute atomic E-state index is 14.3. The third-order valence-electron chi connectivity index (χ3n) is 5.90. The third-order valence-corrected chi connectivity index (χ3v) is 5.90. The van der Waals surface area contributed by atoms with E-state index < -0.39 is 11.4 Å². The minimum atomic E-state index is -0.659. The number of hydrogen-bond donors (Lipinski definition) is 3. The lowest BCUT2D eigenvalue weighted by molar-refractivity contribution is 0.138. The van der Waals surface area contributed by atoms with E-state index in [0.29, 0.717) is 18.9 Å². The number of amides is 2. The Balaban J connectivity index is 0.00000342. The number of likely N-dealkylation sites (N-methyl/N-ethyl adjacent to an activating group) is 1. The van der Waals surface area contributed by atoms with Crippen LogP contribution in [-0.2, 0) is 12.1 Å². The molecule has 1 aliphatic rings. The number of benzene rings is 1. The monoisotopic (exact) mass is 502 g/mol. The van der Waals surface area contributed by atoms with Crippen LogP contribution in [0.2, 0.25) is 0 Å². The van der Waals surface area contributed by atoms with Gasteiger partial charge in [-0.2, -0.15) is 23.6 Å². The van der Waals surface area contributed by atoms with Crippen LogP contribution in [0.1, 0.15) is 36.7 Å². The van der Waals surface area contributed by atoms with Crippen LogP contribution in [0.5, 0.6) is 6.01 Å². The molecule has 0 spiro atoms. The number of fused-ring (bicyclic) bond motifs is 1. The van der Waals surface area contributed by atoms with Crippen LogP contribution in [-0.4, -0.2) is 63.7 Å². The Kier molecular flexibility index (Phi) is 7.86. The van der Waals surface area contributed by atoms with E-state index in [4.69, 9.17) is 4.74 Å². The number of urea groups is 1. The summed E-state index contributed by atoms with van der Waals surface area (Å²) in [6.45, 7) is 4.83. The van der Waals surface area contributed by atoms with Gasteiger partial charge in [0.2, 0.25) is 0 Å². The van der Waals surface area contributed by atoms with Crippen molar-refractivity contribution in [3.8, 4) is 6.01 Å². The number of halogens is 1. The molecular weight excluding hydrogens is 471 g/mol. The Morgan fingerprint density at radius 1 is 1.29 bits per heavy atom. The van der Waals surface area contributed by atoms with E-state index in [1.807, 2.05) is 63.2 Å². The lowest BCUT2D eigenvalue weighted by Gasteiger charge is -2.34. The number of carbonyl (C=O) groups excluding carboxylic acids is 1. The van der Waals surface area contributed by atoms with Crippen molar-refractivity contribution in [3.05, 3.63) is 59.2 Å². The molecule has 0 aliphatic carbocycles. The predicted molar refractivity (Wildman–Crippen MR) is 136 cm³/mol. The molecule has 1 aliphatic heterocycles. The van der Waals surface area contributed by atoms with Crippen LogP contribution in [0.25, 0.3) is 0 Å². The molecule has 0 radical (unpaired) electrons. The smallest absolute Gasteiger partial charge is 0.319 e. The van der Waals surface area contributed by atoms with Crippen LogP contribution in [0.15, 0.2) is 36.5 Å². The van der Waals surface area contributed by atoms with Gasteiger partial charge in [0, 0.05) is 12.1 Å². The van der Waals surface area contributed by atoms with Crippen molar-refractivity contribution in [2.24, 2.45) is 0 Å². The Morgan fingerprint density at radius 3 is 2.66 bits per heavy atom. The van der Waals surface area contributed by atoms with Gasteiger partial charge in [-0.15, -0.1) is 0 Å². The van der Waals surface area contributed by atoms with Gasteiger partial charge in [0.15, 0.2) is 17.5 Å². The van der Waals surface area contributed by atoms with E-state index in [1.54, 1.807) is 4.90 Å². The number of anilines is 2. The standard InChI is InChI=1S/C23H29FN8O2.H2S/c1-23(2)18-15(19(30-29-18)27-20-16(24)11-25-21(28-20)34-5)12-32(23)22(33)26-17(13-31(3)4)14-9-7-6-8-10-14;/h6-11,17H,12-13H2,1-5H3,(H,26,33)(H2,25,27,28,29,30);1H2/t17-;/m1./s1. The summed E-state index contributed by atoms with van der Waals surface area (Å²) in [5.74, 6) is -0.304. The van der Waals surface area contributed by atoms with E-state index in [0.717, 1.165) is 23.0 Å². The molecule has 3 N–H and O–H groups in total. The molecule has 35 heavy (non-hydrogen) atoms. The first kappa shape index (κ1) is 26.2. The van der Waals surface area contributed by atoms with Gasteiger partial charge in [-0.3, -0.25) is 5.10 Å². The van der Waals surface area contributed by atoms with Gasteiger partial charge < -0.3 is 25.2 Å². The molecule has 0 unspecified atom stereocenters. The molecule has 2 aromatic heterocycles. The second-order valence-electron chi connectivity index (χ2n) is 8.92. The molecule has 0 fully saturated rings. The van der Waals surface area contributed by atoms with E-state index in [2.05, 4.69) is 30.8 Å². The number of carbonyl (C=O) groups is 1. The second kappa shape index (κ2) is 10.5. The molecule has 0 saturated carbocycles. The minimum absolute atomic E-state index is 0. The summed E-state index contributed by atoms with van der Waals surface area (Å²) in [6.07, 6.45) is 1.03. The summed E-state index contributed by atoms with van der Waals surface area (Å²) in [5.41, 5.74) is 1.90. The van der Waals surface area contributed by atoms with Crippen LogP contribution in [0.3, 0.4) is 0 Å². The molecule has 0 saturated heterocycles. The van der Waals surface area contributed by atoms with Crippen molar-refractivity contribution >= 4 is 31.2 Å². The van der Waals surface area contributed by atoms with Crippen molar-refractivity contribution in [2.75, 3.05) is 33.1 Å². The number of H-pyrrole nitrogens is 1. The zero-order chi connectivity index (χ0) is 24.5. The van der Waals surface area contributed by atoms with Crippen molar-refractivity contribution in [1.29, 1.82) is 0 Å². The van der Waals surface area contributed by atoms with Gasteiger partial charge in [0.05, 0.1) is 37.1 Å². The first-order chi connectivity index (χ1) is 16.2. The molecule has 10 nitrogen and oxygen atoms in total. The Hall–Kier alpha value is -3.38. The lowest BCUT2D eigenvalue weighted by atomic mass is 10.0. The number of aromatic amines is 1. The number of nitrogens with zero attached hydrogens (tertiary/aromatic N) is 5. The highest BCUT2D eigenvalue weighted by Gasteiger charge is 2.44. The molecule has 1 aromatic carbocycles. The Bertz CT molecular complexity index is 1170. The number of methoxy groups -OCH3 is 1. The van der Waals surface area contributed by atoms with Gasteiger partial charge in [0.25, 0.3) is 0 Å². The zero-order valence-electron chi connectivity index (χ0n) is 20.4. The summed E-state index contributed by atoms with van der Waals surface area (Å²) in [4.78, 5) is 25.0. The quantitative estimate of drug-likeness (QED) is 0.455. The third kappa shape index (κ3) is 5.33. The lowest BCUT2D eigenvalue weighted by Crippen LogP contribution is -2.48. The average molecular weight is 503 g/mol.